The first-order valence-corrected chi connectivity index (χ1v) is 4.69. The van der Waals surface area contributed by atoms with Crippen LogP contribution in [-0.2, 0) is 0 Å². The molecule has 1 rings (SSSR count). The maximum atomic E-state index is 8.56. The quantitative estimate of drug-likeness (QED) is 0.565. The first-order valence-electron chi connectivity index (χ1n) is 3.87. The molecule has 0 radical (unpaired) electrons. The molecule has 0 bridgehead atoms. The second-order valence-corrected chi connectivity index (χ2v) is 3.23. The number of thioether (sulfide) groups is 1. The highest BCUT2D eigenvalue weighted by Gasteiger charge is 1.93. The second-order valence-electron chi connectivity index (χ2n) is 2.37. The summed E-state index contributed by atoms with van der Waals surface area (Å²) < 4.78 is 0. The Morgan fingerprint density at radius 2 is 2.08 bits per heavy atom. The summed E-state index contributed by atoms with van der Waals surface area (Å²) in [5, 5.41) is 22.0. The van der Waals surface area contributed by atoms with Gasteiger partial charge in [0.1, 0.15) is 5.40 Å². The minimum absolute atomic E-state index is 0.120. The Bertz CT molecular complexity index is 291. The zero-order chi connectivity index (χ0) is 9.52. The van der Waals surface area contributed by atoms with Crippen molar-refractivity contribution in [1.29, 1.82) is 5.26 Å². The smallest absolute Gasteiger partial charge is 0.138 e. The molecule has 0 unspecified atom stereocenters. The summed E-state index contributed by atoms with van der Waals surface area (Å²) in [6, 6.07) is 7.51. The summed E-state index contributed by atoms with van der Waals surface area (Å²) in [7, 11) is 0. The summed E-state index contributed by atoms with van der Waals surface area (Å²) in [5.74, 6) is 0. The van der Waals surface area contributed by atoms with Gasteiger partial charge in [-0.1, -0.05) is 0 Å². The predicted octanol–water partition coefficient (Wildman–Crippen LogP) is 1.66. The van der Waals surface area contributed by atoms with Crippen molar-refractivity contribution in [2.45, 2.75) is 4.90 Å². The van der Waals surface area contributed by atoms with Gasteiger partial charge in [-0.05, 0) is 36.0 Å². The molecule has 1 aromatic carbocycles. The highest BCUT2D eigenvalue weighted by molar-refractivity contribution is 8.03. The van der Waals surface area contributed by atoms with Gasteiger partial charge < -0.3 is 10.4 Å². The van der Waals surface area contributed by atoms with Crippen LogP contribution in [0, 0.1) is 10.7 Å². The van der Waals surface area contributed by atoms with Crippen LogP contribution in [0.25, 0.3) is 0 Å². The van der Waals surface area contributed by atoms with E-state index < -0.39 is 0 Å². The average molecular weight is 194 g/mol. The van der Waals surface area contributed by atoms with Crippen molar-refractivity contribution in [2.75, 3.05) is 18.5 Å². The minimum atomic E-state index is 0.120. The zero-order valence-electron chi connectivity index (χ0n) is 7.03. The molecular weight excluding hydrogens is 184 g/mol. The van der Waals surface area contributed by atoms with Crippen molar-refractivity contribution in [3.8, 4) is 5.40 Å². The lowest BCUT2D eigenvalue weighted by Gasteiger charge is -2.03. The van der Waals surface area contributed by atoms with Crippen LogP contribution in [0.3, 0.4) is 0 Å². The Labute approximate surface area is 81.4 Å². The molecule has 0 fully saturated rings. The number of anilines is 1. The van der Waals surface area contributed by atoms with Crippen LogP contribution >= 0.6 is 11.8 Å². The van der Waals surface area contributed by atoms with Gasteiger partial charge in [-0.2, -0.15) is 5.26 Å². The first-order chi connectivity index (χ1) is 6.36. The fourth-order valence-corrected chi connectivity index (χ4v) is 1.27. The van der Waals surface area contributed by atoms with E-state index >= 15 is 0 Å². The molecule has 1 aromatic rings. The Balaban J connectivity index is 2.55. The van der Waals surface area contributed by atoms with E-state index in [1.807, 2.05) is 29.7 Å². The molecule has 3 nitrogen and oxygen atoms in total. The standard InChI is InChI=1S/C9H10N2OS/c10-7-13-9-3-1-8(2-4-9)11-5-6-12/h1-4,11-12H,5-6H2. The maximum absolute atomic E-state index is 8.56. The van der Waals surface area contributed by atoms with Gasteiger partial charge in [-0.25, -0.2) is 0 Å². The molecule has 0 aliphatic heterocycles. The molecule has 4 heteroatoms. The van der Waals surface area contributed by atoms with Crippen molar-refractivity contribution < 1.29 is 5.11 Å². The lowest BCUT2D eigenvalue weighted by Crippen LogP contribution is -2.04. The molecule has 0 heterocycles. The van der Waals surface area contributed by atoms with E-state index in [1.165, 1.54) is 0 Å². The monoisotopic (exact) mass is 194 g/mol. The number of aliphatic hydroxyl groups is 1. The molecule has 0 atom stereocenters. The van der Waals surface area contributed by atoms with Crippen LogP contribution in [0.15, 0.2) is 29.2 Å². The summed E-state index contributed by atoms with van der Waals surface area (Å²) >= 11 is 1.14. The molecule has 0 aliphatic carbocycles. The molecule has 0 saturated heterocycles. The Kier molecular flexibility index (Phi) is 4.16. The number of thiocyanates is 1. The molecule has 0 amide bonds. The number of rotatable bonds is 4. The van der Waals surface area contributed by atoms with Crippen molar-refractivity contribution in [2.24, 2.45) is 0 Å². The third-order valence-corrected chi connectivity index (χ3v) is 2.06. The molecule has 0 saturated carbocycles. The number of nitrogens with zero attached hydrogens (tertiary/aromatic N) is 1. The minimum Gasteiger partial charge on any atom is -0.395 e. The van der Waals surface area contributed by atoms with Gasteiger partial charge in [0, 0.05) is 17.1 Å². The van der Waals surface area contributed by atoms with Gasteiger partial charge in [0.25, 0.3) is 0 Å². The van der Waals surface area contributed by atoms with Gasteiger partial charge in [0.15, 0.2) is 0 Å². The average Bonchev–Trinajstić information content (AvgIpc) is 2.17. The fourth-order valence-electron chi connectivity index (χ4n) is 0.894. The van der Waals surface area contributed by atoms with Crippen LogP contribution in [0.4, 0.5) is 5.69 Å². The fraction of sp³-hybridized carbons (Fsp3) is 0.222. The Morgan fingerprint density at radius 3 is 2.62 bits per heavy atom. The Morgan fingerprint density at radius 1 is 1.38 bits per heavy atom. The van der Waals surface area contributed by atoms with E-state index in [-0.39, 0.29) is 6.61 Å². The van der Waals surface area contributed by atoms with Gasteiger partial charge in [-0.15, -0.1) is 0 Å². The molecule has 13 heavy (non-hydrogen) atoms. The summed E-state index contributed by atoms with van der Waals surface area (Å²) in [6.45, 7) is 0.666. The summed E-state index contributed by atoms with van der Waals surface area (Å²) in [5.41, 5.74) is 0.955. The van der Waals surface area contributed by atoms with Crippen LogP contribution in [0.1, 0.15) is 0 Å². The third-order valence-electron chi connectivity index (χ3n) is 1.46. The van der Waals surface area contributed by atoms with Crippen molar-refractivity contribution in [3.63, 3.8) is 0 Å². The second kappa shape index (κ2) is 5.46. The van der Waals surface area contributed by atoms with E-state index in [0.29, 0.717) is 6.54 Å². The maximum Gasteiger partial charge on any atom is 0.138 e. The van der Waals surface area contributed by atoms with E-state index in [9.17, 15) is 0 Å². The van der Waals surface area contributed by atoms with Gasteiger partial charge in [0.2, 0.25) is 0 Å². The zero-order valence-corrected chi connectivity index (χ0v) is 7.84. The van der Waals surface area contributed by atoms with E-state index in [0.717, 1.165) is 22.3 Å². The Hall–Kier alpha value is -1.18. The van der Waals surface area contributed by atoms with E-state index in [2.05, 4.69) is 5.32 Å². The van der Waals surface area contributed by atoms with Crippen LogP contribution in [0.5, 0.6) is 0 Å². The van der Waals surface area contributed by atoms with E-state index in [1.54, 1.807) is 0 Å². The summed E-state index contributed by atoms with van der Waals surface area (Å²) in [4.78, 5) is 0.928. The molecular formula is C9H10N2OS. The number of aliphatic hydroxyl groups excluding tert-OH is 1. The molecule has 2 N–H and O–H groups in total. The van der Waals surface area contributed by atoms with Crippen molar-refractivity contribution >= 4 is 17.4 Å². The van der Waals surface area contributed by atoms with Gasteiger partial charge >= 0.3 is 0 Å². The SMILES string of the molecule is N#CSc1ccc(NCCO)cc1. The largest absolute Gasteiger partial charge is 0.395 e. The lowest BCUT2D eigenvalue weighted by atomic mass is 10.3. The summed E-state index contributed by atoms with van der Waals surface area (Å²) in [6.07, 6.45) is 0. The highest BCUT2D eigenvalue weighted by atomic mass is 32.2. The number of hydrogen-bond donors (Lipinski definition) is 2. The van der Waals surface area contributed by atoms with Crippen LogP contribution < -0.4 is 5.32 Å². The third kappa shape index (κ3) is 3.36. The molecule has 0 spiro atoms. The number of benzene rings is 1. The molecule has 68 valence electrons. The lowest BCUT2D eigenvalue weighted by molar-refractivity contribution is 0.311. The van der Waals surface area contributed by atoms with Crippen molar-refractivity contribution in [1.82, 2.24) is 0 Å². The van der Waals surface area contributed by atoms with Crippen LogP contribution in [0.2, 0.25) is 0 Å². The highest BCUT2D eigenvalue weighted by Crippen LogP contribution is 2.18. The number of nitriles is 1. The van der Waals surface area contributed by atoms with Crippen molar-refractivity contribution in [3.05, 3.63) is 24.3 Å². The molecule has 0 aromatic heterocycles. The van der Waals surface area contributed by atoms with Crippen LogP contribution in [-0.4, -0.2) is 18.3 Å². The predicted molar refractivity (Wildman–Crippen MR) is 53.5 cm³/mol. The number of hydrogen-bond acceptors (Lipinski definition) is 4. The number of nitrogens with one attached hydrogen (secondary N) is 1. The molecule has 0 aliphatic rings. The first kappa shape index (κ1) is 9.90. The van der Waals surface area contributed by atoms with Gasteiger partial charge in [0.05, 0.1) is 6.61 Å². The van der Waals surface area contributed by atoms with E-state index in [4.69, 9.17) is 10.4 Å². The normalized spacial score (nSPS) is 9.23. The van der Waals surface area contributed by atoms with Gasteiger partial charge in [-0.3, -0.25) is 0 Å². The topological polar surface area (TPSA) is 56.0 Å².